The van der Waals surface area contributed by atoms with E-state index < -0.39 is 26.5 Å². The molecule has 0 N–H and O–H groups in total. The molecule has 0 aliphatic heterocycles. The van der Waals surface area contributed by atoms with Crippen LogP contribution in [0, 0.1) is 0 Å². The fourth-order valence-corrected chi connectivity index (χ4v) is 13.9. The second-order valence-corrected chi connectivity index (χ2v) is 32.3. The third-order valence-electron chi connectivity index (χ3n) is 19.7. The van der Waals surface area contributed by atoms with Crippen molar-refractivity contribution in [2.24, 2.45) is 0 Å². The number of phosphoric acid groups is 1. The maximum Gasteiger partial charge on any atom is 0.306 e. The van der Waals surface area contributed by atoms with Crippen molar-refractivity contribution in [2.45, 2.75) is 444 Å². The summed E-state index contributed by atoms with van der Waals surface area (Å²) in [4.78, 5) is 38.2. The van der Waals surface area contributed by atoms with E-state index in [0.717, 1.165) is 77.0 Å². The highest BCUT2D eigenvalue weighted by molar-refractivity contribution is 7.45. The maximum absolute atomic E-state index is 12.9. The van der Waals surface area contributed by atoms with Gasteiger partial charge in [0.05, 0.1) is 27.7 Å². The number of nitrogens with zero attached hydrogens (tertiary/aromatic N) is 1. The van der Waals surface area contributed by atoms with Gasteiger partial charge in [-0.3, -0.25) is 14.2 Å². The number of carbonyl (C=O) groups is 2. The highest BCUT2D eigenvalue weighted by Crippen LogP contribution is 2.38. The van der Waals surface area contributed by atoms with Crippen molar-refractivity contribution in [1.29, 1.82) is 0 Å². The summed E-state index contributed by atoms with van der Waals surface area (Å²) in [5.74, 6) is -0.810. The van der Waals surface area contributed by atoms with Crippen LogP contribution in [0.3, 0.4) is 0 Å². The minimum Gasteiger partial charge on any atom is -0.756 e. The molecular formula is C90H168NO8P. The molecule has 0 radical (unpaired) electrons. The van der Waals surface area contributed by atoms with E-state index in [1.165, 1.54) is 327 Å². The Kier molecular flexibility index (Phi) is 78.5. The van der Waals surface area contributed by atoms with E-state index in [-0.39, 0.29) is 32.0 Å². The zero-order valence-electron chi connectivity index (χ0n) is 67.2. The van der Waals surface area contributed by atoms with Gasteiger partial charge in [0.15, 0.2) is 6.10 Å². The van der Waals surface area contributed by atoms with Crippen LogP contribution in [-0.4, -0.2) is 70.0 Å². The highest BCUT2D eigenvalue weighted by Gasteiger charge is 2.22. The van der Waals surface area contributed by atoms with Gasteiger partial charge >= 0.3 is 11.9 Å². The van der Waals surface area contributed by atoms with Gasteiger partial charge in [0.2, 0.25) is 0 Å². The molecule has 2 unspecified atom stereocenters. The van der Waals surface area contributed by atoms with Gasteiger partial charge in [0.25, 0.3) is 7.82 Å². The number of quaternary nitrogens is 1. The number of hydrogen-bond acceptors (Lipinski definition) is 8. The van der Waals surface area contributed by atoms with Crippen molar-refractivity contribution in [2.75, 3.05) is 47.5 Å². The molecule has 0 aromatic carbocycles. The number of rotatable bonds is 82. The first-order valence-corrected chi connectivity index (χ1v) is 45.1. The standard InChI is InChI=1S/C90H168NO8P/c1-6-8-10-12-14-16-18-20-22-24-26-28-30-32-34-36-38-40-42-44-45-47-48-50-52-54-56-58-60-62-64-66-68-70-72-74-76-78-80-82-89(92)96-86-88(87-98-100(94,95)97-85-84-91(3,4)5)99-90(93)83-81-79-77-75-73-71-69-67-65-63-61-59-57-55-53-51-49-46-43-41-39-37-35-33-31-29-27-25-23-21-19-17-15-13-11-9-7-2/h9,11,15,17,21,23,27,29,33,35,39,41,88H,6-8,10,12-14,16,18-20,22,24-26,28,30-32,34,36-38,40,42-87H2,1-5H3/b11-9-,17-15-,23-21-,29-27-,35-33-,41-39-. The lowest BCUT2D eigenvalue weighted by atomic mass is 10.0. The maximum atomic E-state index is 12.9. The fourth-order valence-electron chi connectivity index (χ4n) is 13.1. The molecule has 0 aliphatic rings. The zero-order valence-corrected chi connectivity index (χ0v) is 68.1. The van der Waals surface area contributed by atoms with Crippen LogP contribution in [0.2, 0.25) is 0 Å². The number of allylic oxidation sites excluding steroid dienone is 12. The van der Waals surface area contributed by atoms with Crippen molar-refractivity contribution in [3.05, 3.63) is 72.9 Å². The van der Waals surface area contributed by atoms with Gasteiger partial charge in [-0.15, -0.1) is 0 Å². The van der Waals surface area contributed by atoms with E-state index in [1.54, 1.807) is 0 Å². The first-order chi connectivity index (χ1) is 49.0. The van der Waals surface area contributed by atoms with Crippen LogP contribution in [0.4, 0.5) is 0 Å². The Morgan fingerprint density at radius 3 is 0.850 bits per heavy atom. The second kappa shape index (κ2) is 80.5. The average Bonchev–Trinajstić information content (AvgIpc) is 1.02. The third-order valence-corrected chi connectivity index (χ3v) is 20.7. The van der Waals surface area contributed by atoms with Crippen molar-refractivity contribution in [3.63, 3.8) is 0 Å². The molecule has 0 aliphatic carbocycles. The Morgan fingerprint density at radius 1 is 0.320 bits per heavy atom. The lowest BCUT2D eigenvalue weighted by molar-refractivity contribution is -0.870. The summed E-state index contributed by atoms with van der Waals surface area (Å²) >= 11 is 0. The normalized spacial score (nSPS) is 13.3. The number of unbranched alkanes of at least 4 members (excludes halogenated alkanes) is 56. The lowest BCUT2D eigenvalue weighted by Crippen LogP contribution is -2.37. The van der Waals surface area contributed by atoms with Crippen LogP contribution >= 0.6 is 7.82 Å². The minimum absolute atomic E-state index is 0.0292. The van der Waals surface area contributed by atoms with Gasteiger partial charge in [-0.05, 0) is 64.2 Å². The Labute approximate surface area is 622 Å². The summed E-state index contributed by atoms with van der Waals surface area (Å²) in [6, 6.07) is 0. The second-order valence-electron chi connectivity index (χ2n) is 30.9. The van der Waals surface area contributed by atoms with Crippen molar-refractivity contribution >= 4 is 19.8 Å². The predicted octanol–water partition coefficient (Wildman–Crippen LogP) is 28.8. The number of hydrogen-bond donors (Lipinski definition) is 0. The smallest absolute Gasteiger partial charge is 0.306 e. The van der Waals surface area contributed by atoms with Crippen molar-refractivity contribution < 1.29 is 42.1 Å². The van der Waals surface area contributed by atoms with Gasteiger partial charge in [0.1, 0.15) is 19.8 Å². The number of ether oxygens (including phenoxy) is 2. The van der Waals surface area contributed by atoms with Crippen LogP contribution in [0.15, 0.2) is 72.9 Å². The molecule has 0 spiro atoms. The Morgan fingerprint density at radius 2 is 0.570 bits per heavy atom. The SMILES string of the molecule is CC/C=C\C/C=C\C/C=C\C/C=C\C/C=C\C/C=C\CCCCCCCCCCCCCCCCCCCCC(=O)OC(COC(=O)CCCCCCCCCCCCCCCCCCCCCCCCCCCCCCCCCCCCCCCCC)COP(=O)([O-])OCC[N+](C)(C)C. The Hall–Kier alpha value is -2.55. The van der Waals surface area contributed by atoms with E-state index >= 15 is 0 Å². The average molecular weight is 1420 g/mol. The summed E-state index contributed by atoms with van der Waals surface area (Å²) in [5.41, 5.74) is 0. The molecule has 0 aromatic heterocycles. The van der Waals surface area contributed by atoms with Gasteiger partial charge in [-0.1, -0.05) is 433 Å². The van der Waals surface area contributed by atoms with Crippen LogP contribution in [0.25, 0.3) is 0 Å². The lowest BCUT2D eigenvalue weighted by Gasteiger charge is -2.28. The fraction of sp³-hybridized carbons (Fsp3) is 0.844. The quantitative estimate of drug-likeness (QED) is 0.0195. The number of esters is 2. The predicted molar refractivity (Wildman–Crippen MR) is 434 cm³/mol. The molecule has 0 bridgehead atoms. The Bertz CT molecular complexity index is 1920. The summed E-state index contributed by atoms with van der Waals surface area (Å²) in [6.07, 6.45) is 111. The summed E-state index contributed by atoms with van der Waals surface area (Å²) < 4.78 is 34.5. The van der Waals surface area contributed by atoms with Crippen LogP contribution in [0.5, 0.6) is 0 Å². The molecule has 0 aromatic rings. The van der Waals surface area contributed by atoms with Crippen LogP contribution < -0.4 is 4.89 Å². The van der Waals surface area contributed by atoms with E-state index in [1.807, 2.05) is 21.1 Å². The molecule has 586 valence electrons. The zero-order chi connectivity index (χ0) is 72.5. The molecule has 2 atom stereocenters. The molecule has 10 heteroatoms. The number of phosphoric ester groups is 1. The van der Waals surface area contributed by atoms with Crippen molar-refractivity contribution in [1.82, 2.24) is 0 Å². The number of likely N-dealkylation sites (N-methyl/N-ethyl adjacent to an activating group) is 1. The summed E-state index contributed by atoms with van der Waals surface area (Å²) in [6.45, 7) is 4.20. The first-order valence-electron chi connectivity index (χ1n) is 43.6. The molecule has 0 rings (SSSR count). The minimum atomic E-state index is -4.65. The molecule has 9 nitrogen and oxygen atoms in total. The van der Waals surface area contributed by atoms with Gasteiger partial charge < -0.3 is 27.9 Å². The van der Waals surface area contributed by atoms with Crippen LogP contribution in [-0.2, 0) is 32.7 Å². The van der Waals surface area contributed by atoms with Gasteiger partial charge in [-0.2, -0.15) is 0 Å². The van der Waals surface area contributed by atoms with Gasteiger partial charge in [-0.25, -0.2) is 0 Å². The van der Waals surface area contributed by atoms with Crippen LogP contribution in [0.1, 0.15) is 438 Å². The largest absolute Gasteiger partial charge is 0.756 e. The molecular weight excluding hydrogens is 1250 g/mol. The van der Waals surface area contributed by atoms with Gasteiger partial charge in [0, 0.05) is 12.8 Å². The number of carbonyl (C=O) groups excluding carboxylic acids is 2. The van der Waals surface area contributed by atoms with E-state index in [0.29, 0.717) is 17.4 Å². The van der Waals surface area contributed by atoms with E-state index in [9.17, 15) is 19.0 Å². The monoisotopic (exact) mass is 1420 g/mol. The van der Waals surface area contributed by atoms with E-state index in [4.69, 9.17) is 18.5 Å². The molecule has 0 heterocycles. The summed E-state index contributed by atoms with van der Waals surface area (Å²) in [5, 5.41) is 0. The topological polar surface area (TPSA) is 111 Å². The first kappa shape index (κ1) is 97.4. The Balaban J connectivity index is 3.87. The molecule has 0 saturated carbocycles. The molecule has 0 saturated heterocycles. The third kappa shape index (κ3) is 84.4. The van der Waals surface area contributed by atoms with E-state index in [2.05, 4.69) is 86.8 Å². The summed E-state index contributed by atoms with van der Waals surface area (Å²) in [7, 11) is 1.19. The highest BCUT2D eigenvalue weighted by atomic mass is 31.2. The molecule has 0 fully saturated rings. The molecule has 100 heavy (non-hydrogen) atoms. The van der Waals surface area contributed by atoms with Crippen molar-refractivity contribution in [3.8, 4) is 0 Å². The molecule has 0 amide bonds.